The molecule has 0 saturated carbocycles. The zero-order chi connectivity index (χ0) is 15.1. The molecule has 2 rings (SSSR count). The van der Waals surface area contributed by atoms with Crippen LogP contribution in [0, 0.1) is 0 Å². The maximum absolute atomic E-state index is 3.65. The summed E-state index contributed by atoms with van der Waals surface area (Å²) >= 11 is 0. The number of rotatable bonds is 9. The van der Waals surface area contributed by atoms with Gasteiger partial charge in [-0.2, -0.15) is 0 Å². The van der Waals surface area contributed by atoms with Gasteiger partial charge in [-0.3, -0.25) is 0 Å². The predicted molar refractivity (Wildman–Crippen MR) is 91.6 cm³/mol. The Hall–Kier alpha value is -1.32. The highest BCUT2D eigenvalue weighted by atomic mass is 15.1. The zero-order valence-electron chi connectivity index (χ0n) is 13.7. The minimum Gasteiger partial charge on any atom is -0.361 e. The lowest BCUT2D eigenvalue weighted by atomic mass is 10.1. The first kappa shape index (κ1) is 16.1. The van der Waals surface area contributed by atoms with Crippen LogP contribution in [0.2, 0.25) is 0 Å². The topological polar surface area (TPSA) is 31.1 Å². The first-order chi connectivity index (χ1) is 10.2. The van der Waals surface area contributed by atoms with Crippen LogP contribution in [0.5, 0.6) is 0 Å². The summed E-state index contributed by atoms with van der Waals surface area (Å²) in [5, 5.41) is 4.98. The fourth-order valence-corrected chi connectivity index (χ4v) is 2.83. The quantitative estimate of drug-likeness (QED) is 0.735. The molecular weight excluding hydrogens is 258 g/mol. The molecule has 0 aliphatic heterocycles. The molecule has 0 saturated heterocycles. The monoisotopic (exact) mass is 287 g/mol. The number of hydrogen-bond acceptors (Lipinski definition) is 2. The number of nitrogens with one attached hydrogen (secondary N) is 2. The molecule has 116 valence electrons. The van der Waals surface area contributed by atoms with Gasteiger partial charge in [0.1, 0.15) is 0 Å². The minimum absolute atomic E-state index is 0.564. The number of nitrogens with zero attached hydrogens (tertiary/aromatic N) is 1. The summed E-state index contributed by atoms with van der Waals surface area (Å²) in [5.74, 6) is 0. The van der Waals surface area contributed by atoms with E-state index in [-0.39, 0.29) is 0 Å². The molecule has 0 amide bonds. The van der Waals surface area contributed by atoms with Crippen LogP contribution in [0.15, 0.2) is 30.5 Å². The van der Waals surface area contributed by atoms with Crippen molar-refractivity contribution < 1.29 is 0 Å². The number of fused-ring (bicyclic) bond motifs is 1. The van der Waals surface area contributed by atoms with Crippen LogP contribution >= 0.6 is 0 Å². The zero-order valence-corrected chi connectivity index (χ0v) is 13.7. The third-order valence-corrected chi connectivity index (χ3v) is 4.32. The van der Waals surface area contributed by atoms with E-state index in [1.165, 1.54) is 35.9 Å². The van der Waals surface area contributed by atoms with Crippen molar-refractivity contribution in [2.45, 2.75) is 46.2 Å². The molecule has 0 aliphatic rings. The number of benzene rings is 1. The van der Waals surface area contributed by atoms with E-state index < -0.39 is 0 Å². The van der Waals surface area contributed by atoms with Gasteiger partial charge < -0.3 is 15.2 Å². The largest absolute Gasteiger partial charge is 0.361 e. The van der Waals surface area contributed by atoms with Crippen molar-refractivity contribution in [3.63, 3.8) is 0 Å². The second-order valence-corrected chi connectivity index (χ2v) is 5.81. The van der Waals surface area contributed by atoms with Crippen molar-refractivity contribution >= 4 is 10.9 Å². The van der Waals surface area contributed by atoms with E-state index in [1.807, 2.05) is 0 Å². The van der Waals surface area contributed by atoms with Gasteiger partial charge in [-0.25, -0.2) is 0 Å². The maximum Gasteiger partial charge on any atom is 0.0457 e. The number of aromatic nitrogens is 1. The predicted octanol–water partition coefficient (Wildman–Crippen LogP) is 3.77. The van der Waals surface area contributed by atoms with Crippen LogP contribution < -0.4 is 5.32 Å². The van der Waals surface area contributed by atoms with Gasteiger partial charge in [-0.1, -0.05) is 32.0 Å². The molecule has 0 radical (unpaired) electrons. The molecule has 0 spiro atoms. The summed E-state index contributed by atoms with van der Waals surface area (Å²) in [4.78, 5) is 5.83. The number of H-pyrrole nitrogens is 1. The van der Waals surface area contributed by atoms with Crippen molar-refractivity contribution in [3.8, 4) is 0 Å². The van der Waals surface area contributed by atoms with Crippen LogP contribution in [-0.2, 0) is 6.54 Å². The molecule has 3 heteroatoms. The van der Waals surface area contributed by atoms with Gasteiger partial charge in [0.05, 0.1) is 0 Å². The number of hydrogen-bond donors (Lipinski definition) is 2. The Kier molecular flexibility index (Phi) is 6.27. The highest BCUT2D eigenvalue weighted by Gasteiger charge is 2.06. The standard InChI is InChI=1S/C18H29N3/c1-4-21(5-2)12-8-9-15(3)19-13-16-14-20-18-11-7-6-10-17(16)18/h6-7,10-11,14-15,19-20H,4-5,8-9,12-13H2,1-3H3. The lowest BCUT2D eigenvalue weighted by Gasteiger charge is -2.19. The van der Waals surface area contributed by atoms with E-state index in [1.54, 1.807) is 0 Å². The normalized spacial score (nSPS) is 13.1. The van der Waals surface area contributed by atoms with Crippen molar-refractivity contribution in [1.29, 1.82) is 0 Å². The average molecular weight is 287 g/mol. The summed E-state index contributed by atoms with van der Waals surface area (Å²) in [6.45, 7) is 11.2. The Bertz CT molecular complexity index is 528. The third-order valence-electron chi connectivity index (χ3n) is 4.32. The molecule has 0 bridgehead atoms. The van der Waals surface area contributed by atoms with Gasteiger partial charge in [-0.05, 0) is 51.0 Å². The lowest BCUT2D eigenvalue weighted by molar-refractivity contribution is 0.290. The Balaban J connectivity index is 1.75. The van der Waals surface area contributed by atoms with E-state index in [2.05, 4.69) is 66.4 Å². The summed E-state index contributed by atoms with van der Waals surface area (Å²) in [6, 6.07) is 9.06. The minimum atomic E-state index is 0.564. The van der Waals surface area contributed by atoms with E-state index in [9.17, 15) is 0 Å². The van der Waals surface area contributed by atoms with E-state index >= 15 is 0 Å². The van der Waals surface area contributed by atoms with Crippen LogP contribution in [0.3, 0.4) is 0 Å². The summed E-state index contributed by atoms with van der Waals surface area (Å²) < 4.78 is 0. The first-order valence-electron chi connectivity index (χ1n) is 8.25. The van der Waals surface area contributed by atoms with Crippen LogP contribution in [0.1, 0.15) is 39.2 Å². The Labute approximate surface area is 128 Å². The summed E-state index contributed by atoms with van der Waals surface area (Å²) in [6.07, 6.45) is 4.63. The summed E-state index contributed by atoms with van der Waals surface area (Å²) in [7, 11) is 0. The van der Waals surface area contributed by atoms with Crippen molar-refractivity contribution in [3.05, 3.63) is 36.0 Å². The van der Waals surface area contributed by atoms with E-state index in [0.29, 0.717) is 6.04 Å². The average Bonchev–Trinajstić information content (AvgIpc) is 2.93. The molecule has 21 heavy (non-hydrogen) atoms. The fraction of sp³-hybridized carbons (Fsp3) is 0.556. The molecular formula is C18H29N3. The third kappa shape index (κ3) is 4.58. The molecule has 0 fully saturated rings. The van der Waals surface area contributed by atoms with Crippen molar-refractivity contribution in [1.82, 2.24) is 15.2 Å². The second kappa shape index (κ2) is 8.20. The van der Waals surface area contributed by atoms with Gasteiger partial charge in [0, 0.05) is 29.7 Å². The molecule has 1 aromatic carbocycles. The van der Waals surface area contributed by atoms with Gasteiger partial charge >= 0.3 is 0 Å². The SMILES string of the molecule is CCN(CC)CCCC(C)NCc1c[nH]c2ccccc12. The fourth-order valence-electron chi connectivity index (χ4n) is 2.83. The lowest BCUT2D eigenvalue weighted by Crippen LogP contribution is -2.28. The molecule has 2 aromatic rings. The summed E-state index contributed by atoms with van der Waals surface area (Å²) in [5.41, 5.74) is 2.59. The van der Waals surface area contributed by atoms with Gasteiger partial charge in [0.2, 0.25) is 0 Å². The molecule has 3 nitrogen and oxygen atoms in total. The Morgan fingerprint density at radius 2 is 1.95 bits per heavy atom. The van der Waals surface area contributed by atoms with Gasteiger partial charge in [0.15, 0.2) is 0 Å². The van der Waals surface area contributed by atoms with Crippen LogP contribution in [-0.4, -0.2) is 35.6 Å². The van der Waals surface area contributed by atoms with Crippen molar-refractivity contribution in [2.75, 3.05) is 19.6 Å². The molecule has 1 heterocycles. The highest BCUT2D eigenvalue weighted by Crippen LogP contribution is 2.17. The van der Waals surface area contributed by atoms with Gasteiger partial charge in [0.25, 0.3) is 0 Å². The number of para-hydroxylation sites is 1. The maximum atomic E-state index is 3.65. The number of aromatic amines is 1. The molecule has 1 unspecified atom stereocenters. The second-order valence-electron chi connectivity index (χ2n) is 5.81. The highest BCUT2D eigenvalue weighted by molar-refractivity contribution is 5.82. The van der Waals surface area contributed by atoms with E-state index in [0.717, 1.165) is 19.6 Å². The van der Waals surface area contributed by atoms with Crippen LogP contribution in [0.25, 0.3) is 10.9 Å². The molecule has 2 N–H and O–H groups in total. The molecule has 1 atom stereocenters. The Morgan fingerprint density at radius 1 is 1.19 bits per heavy atom. The smallest absolute Gasteiger partial charge is 0.0457 e. The van der Waals surface area contributed by atoms with Gasteiger partial charge in [-0.15, -0.1) is 0 Å². The Morgan fingerprint density at radius 3 is 2.71 bits per heavy atom. The molecule has 0 aliphatic carbocycles. The van der Waals surface area contributed by atoms with E-state index in [4.69, 9.17) is 0 Å². The molecule has 1 aromatic heterocycles. The van der Waals surface area contributed by atoms with Crippen molar-refractivity contribution in [2.24, 2.45) is 0 Å². The van der Waals surface area contributed by atoms with Crippen LogP contribution in [0.4, 0.5) is 0 Å². The first-order valence-corrected chi connectivity index (χ1v) is 8.25.